The molecule has 19 heavy (non-hydrogen) atoms. The Kier molecular flexibility index (Phi) is 4.34. The predicted octanol–water partition coefficient (Wildman–Crippen LogP) is 1.39. The van der Waals surface area contributed by atoms with Crippen LogP contribution < -0.4 is 0 Å². The fourth-order valence-corrected chi connectivity index (χ4v) is 2.08. The van der Waals surface area contributed by atoms with Crippen LogP contribution in [0.5, 0.6) is 0 Å². The van der Waals surface area contributed by atoms with Gasteiger partial charge in [-0.1, -0.05) is 30.3 Å². The Bertz CT molecular complexity index is 474. The molecule has 100 valence electrons. The molecule has 1 aliphatic heterocycles. The van der Waals surface area contributed by atoms with Gasteiger partial charge in [-0.05, 0) is 11.6 Å². The van der Waals surface area contributed by atoms with Crippen LogP contribution in [0.15, 0.2) is 36.4 Å². The molecule has 1 saturated heterocycles. The highest BCUT2D eigenvalue weighted by atomic mass is 16.2. The van der Waals surface area contributed by atoms with Crippen LogP contribution in [-0.2, 0) is 9.59 Å². The number of hydrogen-bond acceptors (Lipinski definition) is 2. The first-order chi connectivity index (χ1) is 9.16. The van der Waals surface area contributed by atoms with Gasteiger partial charge in [-0.2, -0.15) is 0 Å². The summed E-state index contributed by atoms with van der Waals surface area (Å²) in [7, 11) is 0. The first-order valence-electron chi connectivity index (χ1n) is 6.44. The summed E-state index contributed by atoms with van der Waals surface area (Å²) in [5.41, 5.74) is 1.01. The van der Waals surface area contributed by atoms with Crippen molar-refractivity contribution < 1.29 is 9.59 Å². The summed E-state index contributed by atoms with van der Waals surface area (Å²) in [4.78, 5) is 26.7. The second-order valence-electron chi connectivity index (χ2n) is 4.58. The Morgan fingerprint density at radius 3 is 2.16 bits per heavy atom. The lowest BCUT2D eigenvalue weighted by Gasteiger charge is -2.33. The average molecular weight is 258 g/mol. The number of rotatable bonds is 2. The maximum Gasteiger partial charge on any atom is 0.246 e. The highest BCUT2D eigenvalue weighted by Crippen LogP contribution is 2.05. The minimum absolute atomic E-state index is 0.00653. The number of amides is 2. The Hall–Kier alpha value is -2.10. The zero-order valence-corrected chi connectivity index (χ0v) is 11.1. The van der Waals surface area contributed by atoms with Gasteiger partial charge < -0.3 is 9.80 Å². The Morgan fingerprint density at radius 2 is 1.58 bits per heavy atom. The third-order valence-electron chi connectivity index (χ3n) is 3.25. The Labute approximate surface area is 113 Å². The SMILES string of the molecule is CC(=O)N1CCN(C(=O)C=Cc2ccccc2)CC1. The maximum absolute atomic E-state index is 12.0. The lowest BCUT2D eigenvalue weighted by Crippen LogP contribution is -2.49. The average Bonchev–Trinajstić information content (AvgIpc) is 2.46. The van der Waals surface area contributed by atoms with E-state index in [0.717, 1.165) is 5.56 Å². The number of piperazine rings is 1. The van der Waals surface area contributed by atoms with Gasteiger partial charge >= 0.3 is 0 Å². The molecule has 0 aromatic heterocycles. The van der Waals surface area contributed by atoms with Crippen molar-refractivity contribution in [3.8, 4) is 0 Å². The van der Waals surface area contributed by atoms with Gasteiger partial charge in [-0.25, -0.2) is 0 Å². The third-order valence-corrected chi connectivity index (χ3v) is 3.25. The molecule has 1 aliphatic rings. The van der Waals surface area contributed by atoms with E-state index in [9.17, 15) is 9.59 Å². The first kappa shape index (κ1) is 13.3. The number of carbonyl (C=O) groups is 2. The smallest absolute Gasteiger partial charge is 0.246 e. The van der Waals surface area contributed by atoms with Gasteiger partial charge in [0.2, 0.25) is 11.8 Å². The van der Waals surface area contributed by atoms with Crippen LogP contribution in [0, 0.1) is 0 Å². The van der Waals surface area contributed by atoms with Crippen molar-refractivity contribution in [3.63, 3.8) is 0 Å². The molecule has 0 saturated carbocycles. The Balaban J connectivity index is 1.88. The van der Waals surface area contributed by atoms with Crippen molar-refractivity contribution in [1.82, 2.24) is 9.80 Å². The second-order valence-corrected chi connectivity index (χ2v) is 4.58. The van der Waals surface area contributed by atoms with Gasteiger partial charge in [0.25, 0.3) is 0 Å². The van der Waals surface area contributed by atoms with Gasteiger partial charge in [0.15, 0.2) is 0 Å². The van der Waals surface area contributed by atoms with Crippen LogP contribution in [0.2, 0.25) is 0 Å². The molecule has 0 atom stereocenters. The number of carbonyl (C=O) groups excluding carboxylic acids is 2. The van der Waals surface area contributed by atoms with Crippen molar-refractivity contribution in [2.45, 2.75) is 6.92 Å². The standard InChI is InChI=1S/C15H18N2O2/c1-13(18)16-9-11-17(12-10-16)15(19)8-7-14-5-3-2-4-6-14/h2-8H,9-12H2,1H3. The highest BCUT2D eigenvalue weighted by molar-refractivity contribution is 5.92. The quantitative estimate of drug-likeness (QED) is 0.752. The zero-order valence-electron chi connectivity index (χ0n) is 11.1. The number of benzene rings is 1. The summed E-state index contributed by atoms with van der Waals surface area (Å²) < 4.78 is 0. The molecule has 0 radical (unpaired) electrons. The van der Waals surface area contributed by atoms with Crippen molar-refractivity contribution >= 4 is 17.9 Å². The topological polar surface area (TPSA) is 40.6 Å². The summed E-state index contributed by atoms with van der Waals surface area (Å²) >= 11 is 0. The van der Waals surface area contributed by atoms with E-state index >= 15 is 0 Å². The normalized spacial score (nSPS) is 15.8. The predicted molar refractivity (Wildman–Crippen MR) is 74.3 cm³/mol. The van der Waals surface area contributed by atoms with Gasteiger partial charge in [-0.15, -0.1) is 0 Å². The molecule has 0 N–H and O–H groups in total. The molecule has 2 rings (SSSR count). The van der Waals surface area contributed by atoms with Crippen molar-refractivity contribution in [2.24, 2.45) is 0 Å². The minimum atomic E-state index is 0.00653. The largest absolute Gasteiger partial charge is 0.339 e. The van der Waals surface area contributed by atoms with Crippen molar-refractivity contribution in [3.05, 3.63) is 42.0 Å². The van der Waals surface area contributed by atoms with Gasteiger partial charge in [0.05, 0.1) is 0 Å². The fraction of sp³-hybridized carbons (Fsp3) is 0.333. The van der Waals surface area contributed by atoms with E-state index in [2.05, 4.69) is 0 Å². The first-order valence-corrected chi connectivity index (χ1v) is 6.44. The highest BCUT2D eigenvalue weighted by Gasteiger charge is 2.20. The van der Waals surface area contributed by atoms with Crippen molar-refractivity contribution in [1.29, 1.82) is 0 Å². The van der Waals surface area contributed by atoms with Crippen LogP contribution in [0.4, 0.5) is 0 Å². The summed E-state index contributed by atoms with van der Waals surface area (Å²) in [6.45, 7) is 4.03. The van der Waals surface area contributed by atoms with Crippen molar-refractivity contribution in [2.75, 3.05) is 26.2 Å². The van der Waals surface area contributed by atoms with E-state index in [1.807, 2.05) is 36.4 Å². The molecule has 0 bridgehead atoms. The molecule has 1 aromatic rings. The Morgan fingerprint density at radius 1 is 1.00 bits per heavy atom. The van der Waals surface area contributed by atoms with Crippen LogP contribution >= 0.6 is 0 Å². The molecule has 0 spiro atoms. The summed E-state index contributed by atoms with van der Waals surface area (Å²) in [5, 5.41) is 0. The number of nitrogens with zero attached hydrogens (tertiary/aromatic N) is 2. The molecule has 0 aliphatic carbocycles. The third kappa shape index (κ3) is 3.68. The molecule has 2 amide bonds. The second kappa shape index (κ2) is 6.18. The molecule has 1 aromatic carbocycles. The molecule has 4 heteroatoms. The van der Waals surface area contributed by atoms with Crippen LogP contribution in [0.3, 0.4) is 0 Å². The fourth-order valence-electron chi connectivity index (χ4n) is 2.08. The van der Waals surface area contributed by atoms with E-state index in [0.29, 0.717) is 26.2 Å². The summed E-state index contributed by atoms with van der Waals surface area (Å²) in [6.07, 6.45) is 3.42. The molecule has 4 nitrogen and oxygen atoms in total. The summed E-state index contributed by atoms with van der Waals surface area (Å²) in [6, 6.07) is 9.74. The lowest BCUT2D eigenvalue weighted by atomic mass is 10.2. The minimum Gasteiger partial charge on any atom is -0.339 e. The molecular formula is C15H18N2O2. The van der Waals surface area contributed by atoms with E-state index in [4.69, 9.17) is 0 Å². The molecule has 1 fully saturated rings. The van der Waals surface area contributed by atoms with Gasteiger partial charge in [-0.3, -0.25) is 9.59 Å². The monoisotopic (exact) mass is 258 g/mol. The maximum atomic E-state index is 12.0. The molecule has 1 heterocycles. The van der Waals surface area contributed by atoms with Crippen LogP contribution in [0.1, 0.15) is 12.5 Å². The molecular weight excluding hydrogens is 240 g/mol. The van der Waals surface area contributed by atoms with E-state index < -0.39 is 0 Å². The van der Waals surface area contributed by atoms with E-state index in [1.54, 1.807) is 22.8 Å². The summed E-state index contributed by atoms with van der Waals surface area (Å²) in [5.74, 6) is 0.0824. The lowest BCUT2D eigenvalue weighted by molar-refractivity contribution is -0.135. The van der Waals surface area contributed by atoms with E-state index in [1.165, 1.54) is 0 Å². The zero-order chi connectivity index (χ0) is 13.7. The van der Waals surface area contributed by atoms with Gasteiger partial charge in [0, 0.05) is 39.2 Å². The van der Waals surface area contributed by atoms with Gasteiger partial charge in [0.1, 0.15) is 0 Å². The molecule has 0 unspecified atom stereocenters. The van der Waals surface area contributed by atoms with Crippen LogP contribution in [0.25, 0.3) is 6.08 Å². The van der Waals surface area contributed by atoms with E-state index in [-0.39, 0.29) is 11.8 Å². The van der Waals surface area contributed by atoms with Crippen LogP contribution in [-0.4, -0.2) is 47.8 Å². The number of hydrogen-bond donors (Lipinski definition) is 0.